The molecule has 0 heterocycles. The number of carbonyl (C=O) groups excluding carboxylic acids is 2. The monoisotopic (exact) mass is 307 g/mol. The summed E-state index contributed by atoms with van der Waals surface area (Å²) in [6.07, 6.45) is 0.184. The molecule has 22 heavy (non-hydrogen) atoms. The molecule has 1 aromatic carbocycles. The lowest BCUT2D eigenvalue weighted by Gasteiger charge is -2.26. The average molecular weight is 307 g/mol. The highest BCUT2D eigenvalue weighted by atomic mass is 16.5. The fourth-order valence-corrected chi connectivity index (χ4v) is 2.23. The first-order valence-electron chi connectivity index (χ1n) is 7.42. The van der Waals surface area contributed by atoms with E-state index in [2.05, 4.69) is 4.74 Å². The fourth-order valence-electron chi connectivity index (χ4n) is 2.23. The summed E-state index contributed by atoms with van der Waals surface area (Å²) in [5.41, 5.74) is 2.00. The predicted molar refractivity (Wildman–Crippen MR) is 84.9 cm³/mol. The van der Waals surface area contributed by atoms with Crippen LogP contribution in [0.3, 0.4) is 0 Å². The molecule has 5 nitrogen and oxygen atoms in total. The number of ether oxygens (including phenoxy) is 2. The standard InChI is InChI=1S/C17H25NO4/c1-12(2)18(10-9-16(20)21-5)15(19)11-22-17-13(3)7-6-8-14(17)4/h6-8,12H,9-11H2,1-5H3. The van der Waals surface area contributed by atoms with E-state index < -0.39 is 0 Å². The van der Waals surface area contributed by atoms with E-state index in [-0.39, 0.29) is 30.9 Å². The lowest BCUT2D eigenvalue weighted by Crippen LogP contribution is -2.41. The molecule has 0 aliphatic carbocycles. The molecule has 0 bridgehead atoms. The average Bonchev–Trinajstić information content (AvgIpc) is 2.46. The number of rotatable bonds is 7. The maximum absolute atomic E-state index is 12.3. The first kappa shape index (κ1) is 18.0. The van der Waals surface area contributed by atoms with E-state index in [9.17, 15) is 9.59 Å². The second-order valence-electron chi connectivity index (χ2n) is 5.52. The zero-order chi connectivity index (χ0) is 16.7. The second kappa shape index (κ2) is 8.41. The van der Waals surface area contributed by atoms with Gasteiger partial charge in [0.2, 0.25) is 0 Å². The molecule has 122 valence electrons. The third-order valence-corrected chi connectivity index (χ3v) is 3.48. The number of benzene rings is 1. The topological polar surface area (TPSA) is 55.8 Å². The van der Waals surface area contributed by atoms with E-state index in [0.717, 1.165) is 16.9 Å². The van der Waals surface area contributed by atoms with Crippen molar-refractivity contribution < 1.29 is 19.1 Å². The lowest BCUT2D eigenvalue weighted by atomic mass is 10.1. The number of para-hydroxylation sites is 1. The van der Waals surface area contributed by atoms with Crippen LogP contribution in [0, 0.1) is 13.8 Å². The van der Waals surface area contributed by atoms with Crippen molar-refractivity contribution in [2.75, 3.05) is 20.3 Å². The number of nitrogens with zero attached hydrogens (tertiary/aromatic N) is 1. The summed E-state index contributed by atoms with van der Waals surface area (Å²) in [5.74, 6) is 0.281. The molecule has 0 spiro atoms. The van der Waals surface area contributed by atoms with Crippen LogP contribution >= 0.6 is 0 Å². The molecule has 1 amide bonds. The van der Waals surface area contributed by atoms with Crippen molar-refractivity contribution in [3.05, 3.63) is 29.3 Å². The van der Waals surface area contributed by atoms with Gasteiger partial charge in [-0.1, -0.05) is 18.2 Å². The van der Waals surface area contributed by atoms with Crippen LogP contribution in [0.5, 0.6) is 5.75 Å². The highest BCUT2D eigenvalue weighted by Gasteiger charge is 2.19. The Labute approximate surface area is 132 Å². The second-order valence-corrected chi connectivity index (χ2v) is 5.52. The van der Waals surface area contributed by atoms with Crippen molar-refractivity contribution in [1.29, 1.82) is 0 Å². The molecule has 1 aromatic rings. The van der Waals surface area contributed by atoms with Gasteiger partial charge in [-0.15, -0.1) is 0 Å². The van der Waals surface area contributed by atoms with Gasteiger partial charge in [0.25, 0.3) is 5.91 Å². The number of carbonyl (C=O) groups is 2. The first-order chi connectivity index (χ1) is 10.4. The Kier molecular flexibility index (Phi) is 6.89. The van der Waals surface area contributed by atoms with Crippen LogP contribution < -0.4 is 4.74 Å². The van der Waals surface area contributed by atoms with Crippen molar-refractivity contribution in [2.24, 2.45) is 0 Å². The lowest BCUT2D eigenvalue weighted by molar-refractivity contribution is -0.142. The minimum atomic E-state index is -0.325. The Morgan fingerprint density at radius 2 is 1.77 bits per heavy atom. The number of esters is 1. The molecule has 0 saturated carbocycles. The number of methoxy groups -OCH3 is 1. The van der Waals surface area contributed by atoms with Gasteiger partial charge in [0.1, 0.15) is 5.75 Å². The molecule has 0 atom stereocenters. The van der Waals surface area contributed by atoms with Crippen LogP contribution in [0.25, 0.3) is 0 Å². The van der Waals surface area contributed by atoms with Gasteiger partial charge in [-0.3, -0.25) is 9.59 Å². The molecule has 0 saturated heterocycles. The summed E-state index contributed by atoms with van der Waals surface area (Å²) in [5, 5.41) is 0. The van der Waals surface area contributed by atoms with Gasteiger partial charge in [-0.05, 0) is 38.8 Å². The van der Waals surface area contributed by atoms with Crippen molar-refractivity contribution >= 4 is 11.9 Å². The molecule has 0 aliphatic heterocycles. The van der Waals surface area contributed by atoms with Gasteiger partial charge < -0.3 is 14.4 Å². The summed E-state index contributed by atoms with van der Waals surface area (Å²) in [4.78, 5) is 25.2. The number of amides is 1. The predicted octanol–water partition coefficient (Wildman–Crippen LogP) is 2.48. The maximum atomic E-state index is 12.3. The van der Waals surface area contributed by atoms with E-state index in [0.29, 0.717) is 6.54 Å². The van der Waals surface area contributed by atoms with Crippen molar-refractivity contribution in [3.63, 3.8) is 0 Å². The number of aryl methyl sites for hydroxylation is 2. The van der Waals surface area contributed by atoms with Gasteiger partial charge in [-0.25, -0.2) is 0 Å². The van der Waals surface area contributed by atoms with Crippen LogP contribution in [0.1, 0.15) is 31.4 Å². The first-order valence-corrected chi connectivity index (χ1v) is 7.42. The van der Waals surface area contributed by atoms with E-state index in [1.165, 1.54) is 7.11 Å². The summed E-state index contributed by atoms with van der Waals surface area (Å²) >= 11 is 0. The van der Waals surface area contributed by atoms with Crippen LogP contribution in [-0.2, 0) is 14.3 Å². The molecule has 0 aliphatic rings. The SMILES string of the molecule is COC(=O)CCN(C(=O)COc1c(C)cccc1C)C(C)C. The molecule has 0 aromatic heterocycles. The minimum absolute atomic E-state index is 0.00118. The molecule has 1 rings (SSSR count). The highest BCUT2D eigenvalue weighted by Crippen LogP contribution is 2.22. The van der Waals surface area contributed by atoms with Crippen molar-refractivity contribution in [2.45, 2.75) is 40.2 Å². The highest BCUT2D eigenvalue weighted by molar-refractivity contribution is 5.79. The van der Waals surface area contributed by atoms with Crippen LogP contribution in [0.4, 0.5) is 0 Å². The van der Waals surface area contributed by atoms with Crippen LogP contribution in [0.2, 0.25) is 0 Å². The molecule has 0 fully saturated rings. The smallest absolute Gasteiger partial charge is 0.307 e. The minimum Gasteiger partial charge on any atom is -0.483 e. The summed E-state index contributed by atoms with van der Waals surface area (Å²) in [6, 6.07) is 5.85. The zero-order valence-electron chi connectivity index (χ0n) is 14.0. The number of hydrogen-bond donors (Lipinski definition) is 0. The Morgan fingerprint density at radius 1 is 1.18 bits per heavy atom. The summed E-state index contributed by atoms with van der Waals surface area (Å²) < 4.78 is 10.3. The zero-order valence-corrected chi connectivity index (χ0v) is 14.0. The summed E-state index contributed by atoms with van der Waals surface area (Å²) in [7, 11) is 1.34. The molecular formula is C17H25NO4. The normalized spacial score (nSPS) is 10.5. The van der Waals surface area contributed by atoms with Crippen molar-refractivity contribution in [1.82, 2.24) is 4.90 Å². The van der Waals surface area contributed by atoms with Gasteiger partial charge in [0.15, 0.2) is 6.61 Å². The van der Waals surface area contributed by atoms with Gasteiger partial charge >= 0.3 is 5.97 Å². The van der Waals surface area contributed by atoms with E-state index in [1.807, 2.05) is 45.9 Å². The molecular weight excluding hydrogens is 282 g/mol. The molecule has 5 heteroatoms. The Morgan fingerprint density at radius 3 is 2.27 bits per heavy atom. The molecule has 0 radical (unpaired) electrons. The Balaban J connectivity index is 2.66. The number of hydrogen-bond acceptors (Lipinski definition) is 4. The van der Waals surface area contributed by atoms with Gasteiger partial charge in [0.05, 0.1) is 13.5 Å². The fraction of sp³-hybridized carbons (Fsp3) is 0.529. The van der Waals surface area contributed by atoms with E-state index in [4.69, 9.17) is 4.74 Å². The quantitative estimate of drug-likeness (QED) is 0.726. The maximum Gasteiger partial charge on any atom is 0.307 e. The van der Waals surface area contributed by atoms with Gasteiger partial charge in [-0.2, -0.15) is 0 Å². The Bertz CT molecular complexity index is 505. The summed E-state index contributed by atoms with van der Waals surface area (Å²) in [6.45, 7) is 8.02. The largest absolute Gasteiger partial charge is 0.483 e. The van der Waals surface area contributed by atoms with Crippen LogP contribution in [-0.4, -0.2) is 43.1 Å². The van der Waals surface area contributed by atoms with Crippen molar-refractivity contribution in [3.8, 4) is 5.75 Å². The van der Waals surface area contributed by atoms with E-state index >= 15 is 0 Å². The Hall–Kier alpha value is -2.04. The molecule has 0 N–H and O–H groups in total. The van der Waals surface area contributed by atoms with E-state index in [1.54, 1.807) is 4.90 Å². The van der Waals surface area contributed by atoms with Crippen LogP contribution in [0.15, 0.2) is 18.2 Å². The third-order valence-electron chi connectivity index (χ3n) is 3.48. The van der Waals surface area contributed by atoms with Gasteiger partial charge in [0, 0.05) is 12.6 Å². The third kappa shape index (κ3) is 5.06. The molecule has 0 unspecified atom stereocenters.